The van der Waals surface area contributed by atoms with E-state index in [0.717, 1.165) is 6.07 Å². The van der Waals surface area contributed by atoms with Crippen LogP contribution in [0.25, 0.3) is 0 Å². The first-order chi connectivity index (χ1) is 5.65. The van der Waals surface area contributed by atoms with Crippen LogP contribution in [0, 0.1) is 5.82 Å². The Labute approximate surface area is 71.5 Å². The molecule has 0 fully saturated rings. The van der Waals surface area contributed by atoms with Gasteiger partial charge in [-0.05, 0) is 12.1 Å². The normalized spacial score (nSPS) is 12.6. The van der Waals surface area contributed by atoms with Gasteiger partial charge in [0.05, 0.1) is 7.11 Å². The van der Waals surface area contributed by atoms with Gasteiger partial charge in [0.2, 0.25) is 0 Å². The van der Waals surface area contributed by atoms with Crippen LogP contribution < -0.4 is 4.74 Å². The summed E-state index contributed by atoms with van der Waals surface area (Å²) in [5.41, 5.74) is 0. The fourth-order valence-corrected chi connectivity index (χ4v) is 1.16. The lowest BCUT2D eigenvalue weighted by Gasteiger charge is -2.01. The number of hydrogen-bond donors (Lipinski definition) is 1. The quantitative estimate of drug-likeness (QED) is 0.717. The van der Waals surface area contributed by atoms with Crippen molar-refractivity contribution in [3.8, 4) is 5.75 Å². The lowest BCUT2D eigenvalue weighted by atomic mass is 10.3. The minimum atomic E-state index is -2.28. The molecule has 5 heteroatoms. The van der Waals surface area contributed by atoms with Gasteiger partial charge in [0.25, 0.3) is 0 Å². The Bertz CT molecular complexity index is 314. The second kappa shape index (κ2) is 3.64. The van der Waals surface area contributed by atoms with E-state index in [2.05, 4.69) is 0 Å². The molecular weight excluding hydrogens is 183 g/mol. The van der Waals surface area contributed by atoms with Crippen LogP contribution in [-0.2, 0) is 11.1 Å². The van der Waals surface area contributed by atoms with E-state index in [4.69, 9.17) is 9.29 Å². The van der Waals surface area contributed by atoms with Gasteiger partial charge in [0.1, 0.15) is 16.5 Å². The maximum atomic E-state index is 12.9. The van der Waals surface area contributed by atoms with E-state index < -0.39 is 16.9 Å². The number of benzene rings is 1. The molecule has 1 unspecified atom stereocenters. The molecule has 0 amide bonds. The van der Waals surface area contributed by atoms with Crippen LogP contribution in [0.1, 0.15) is 0 Å². The smallest absolute Gasteiger partial charge is 0.189 e. The van der Waals surface area contributed by atoms with E-state index >= 15 is 0 Å². The second-order valence-electron chi connectivity index (χ2n) is 2.05. The first-order valence-electron chi connectivity index (χ1n) is 3.09. The third kappa shape index (κ3) is 1.80. The molecule has 0 radical (unpaired) electrons. The summed E-state index contributed by atoms with van der Waals surface area (Å²) in [6.07, 6.45) is 0. The maximum absolute atomic E-state index is 12.9. The van der Waals surface area contributed by atoms with Gasteiger partial charge in [-0.1, -0.05) is 0 Å². The van der Waals surface area contributed by atoms with Gasteiger partial charge in [-0.2, -0.15) is 0 Å². The molecule has 1 rings (SSSR count). The average molecular weight is 190 g/mol. The summed E-state index contributed by atoms with van der Waals surface area (Å²) in [7, 11) is 1.39. The van der Waals surface area contributed by atoms with Crippen LogP contribution in [0.15, 0.2) is 23.1 Å². The van der Waals surface area contributed by atoms with Crippen molar-refractivity contribution in [2.45, 2.75) is 4.90 Å². The van der Waals surface area contributed by atoms with Crippen LogP contribution in [0.3, 0.4) is 0 Å². The molecule has 0 aliphatic carbocycles. The third-order valence-electron chi connectivity index (χ3n) is 1.33. The SMILES string of the molecule is COc1ccc(S(=O)O)c(F)c1. The van der Waals surface area contributed by atoms with Crippen molar-refractivity contribution in [1.29, 1.82) is 0 Å². The predicted octanol–water partition coefficient (Wildman–Crippen LogP) is 1.41. The number of hydrogen-bond acceptors (Lipinski definition) is 2. The average Bonchev–Trinajstić information content (AvgIpc) is 2.03. The Kier molecular flexibility index (Phi) is 2.78. The molecule has 1 aromatic rings. The summed E-state index contributed by atoms with van der Waals surface area (Å²) >= 11 is -2.28. The standard InChI is InChI=1S/C7H7FO3S/c1-11-5-2-3-7(12(9)10)6(8)4-5/h2-4H,1H3,(H,9,10). The number of rotatable bonds is 2. The molecule has 12 heavy (non-hydrogen) atoms. The van der Waals surface area contributed by atoms with Crippen molar-refractivity contribution >= 4 is 11.1 Å². The summed E-state index contributed by atoms with van der Waals surface area (Å²) in [6.45, 7) is 0. The van der Waals surface area contributed by atoms with Crippen LogP contribution >= 0.6 is 0 Å². The molecule has 1 N–H and O–H groups in total. The molecule has 0 saturated carbocycles. The Balaban J connectivity index is 3.12. The summed E-state index contributed by atoms with van der Waals surface area (Å²) in [4.78, 5) is -0.240. The first kappa shape index (κ1) is 9.15. The van der Waals surface area contributed by atoms with Crippen molar-refractivity contribution in [1.82, 2.24) is 0 Å². The molecule has 0 spiro atoms. The Morgan fingerprint density at radius 3 is 2.67 bits per heavy atom. The largest absolute Gasteiger partial charge is 0.497 e. The van der Waals surface area contributed by atoms with Gasteiger partial charge < -0.3 is 9.29 Å². The lowest BCUT2D eigenvalue weighted by molar-refractivity contribution is 0.409. The zero-order chi connectivity index (χ0) is 9.14. The van der Waals surface area contributed by atoms with Gasteiger partial charge in [0.15, 0.2) is 11.1 Å². The predicted molar refractivity (Wildman–Crippen MR) is 42.0 cm³/mol. The molecule has 0 saturated heterocycles. The minimum absolute atomic E-state index is 0.240. The molecule has 66 valence electrons. The van der Waals surface area contributed by atoms with E-state index in [1.807, 2.05) is 0 Å². The summed E-state index contributed by atoms with van der Waals surface area (Å²) in [5, 5.41) is 0. The second-order valence-corrected chi connectivity index (χ2v) is 2.98. The van der Waals surface area contributed by atoms with Crippen molar-refractivity contribution in [2.24, 2.45) is 0 Å². The molecule has 0 heterocycles. The Morgan fingerprint density at radius 1 is 1.58 bits per heavy atom. The van der Waals surface area contributed by atoms with Crippen LogP contribution in [0.4, 0.5) is 4.39 Å². The molecule has 0 aliphatic rings. The molecule has 0 aliphatic heterocycles. The summed E-state index contributed by atoms with van der Waals surface area (Å²) in [5.74, 6) is -0.420. The van der Waals surface area contributed by atoms with E-state index in [1.165, 1.54) is 19.2 Å². The summed E-state index contributed by atoms with van der Waals surface area (Å²) in [6, 6.07) is 3.69. The van der Waals surface area contributed by atoms with E-state index in [1.54, 1.807) is 0 Å². The van der Waals surface area contributed by atoms with Gasteiger partial charge in [-0.25, -0.2) is 8.60 Å². The number of methoxy groups -OCH3 is 1. The topological polar surface area (TPSA) is 46.5 Å². The minimum Gasteiger partial charge on any atom is -0.497 e. The number of halogens is 1. The molecule has 0 aromatic heterocycles. The van der Waals surface area contributed by atoms with Crippen LogP contribution in [0.2, 0.25) is 0 Å². The molecule has 0 bridgehead atoms. The first-order valence-corrected chi connectivity index (χ1v) is 4.20. The maximum Gasteiger partial charge on any atom is 0.189 e. The van der Waals surface area contributed by atoms with Crippen molar-refractivity contribution in [3.05, 3.63) is 24.0 Å². The molecule has 3 nitrogen and oxygen atoms in total. The zero-order valence-corrected chi connectivity index (χ0v) is 7.10. The monoisotopic (exact) mass is 190 g/mol. The van der Waals surface area contributed by atoms with Crippen LogP contribution in [-0.4, -0.2) is 15.9 Å². The highest BCUT2D eigenvalue weighted by Crippen LogP contribution is 2.17. The van der Waals surface area contributed by atoms with Crippen LogP contribution in [0.5, 0.6) is 5.75 Å². The molecule has 1 atom stereocenters. The van der Waals surface area contributed by atoms with E-state index in [9.17, 15) is 8.60 Å². The lowest BCUT2D eigenvalue weighted by Crippen LogP contribution is -1.94. The Hall–Kier alpha value is -0.940. The van der Waals surface area contributed by atoms with Gasteiger partial charge in [-0.3, -0.25) is 0 Å². The Morgan fingerprint density at radius 2 is 2.25 bits per heavy atom. The molecular formula is C7H7FO3S. The third-order valence-corrected chi connectivity index (χ3v) is 2.03. The van der Waals surface area contributed by atoms with E-state index in [0.29, 0.717) is 5.75 Å². The van der Waals surface area contributed by atoms with Crippen molar-refractivity contribution in [3.63, 3.8) is 0 Å². The fraction of sp³-hybridized carbons (Fsp3) is 0.143. The van der Waals surface area contributed by atoms with Crippen molar-refractivity contribution < 1.29 is 17.9 Å². The highest BCUT2D eigenvalue weighted by Gasteiger charge is 2.07. The van der Waals surface area contributed by atoms with Gasteiger partial charge in [-0.15, -0.1) is 0 Å². The van der Waals surface area contributed by atoms with Gasteiger partial charge >= 0.3 is 0 Å². The zero-order valence-electron chi connectivity index (χ0n) is 6.28. The number of ether oxygens (including phenoxy) is 1. The van der Waals surface area contributed by atoms with E-state index in [-0.39, 0.29) is 4.90 Å². The van der Waals surface area contributed by atoms with Gasteiger partial charge in [0, 0.05) is 6.07 Å². The summed E-state index contributed by atoms with van der Waals surface area (Å²) < 4.78 is 36.6. The molecule has 1 aromatic carbocycles. The highest BCUT2D eigenvalue weighted by molar-refractivity contribution is 7.79. The van der Waals surface area contributed by atoms with Crippen molar-refractivity contribution in [2.75, 3.05) is 7.11 Å². The highest BCUT2D eigenvalue weighted by atomic mass is 32.2. The fourth-order valence-electron chi connectivity index (χ4n) is 0.750.